The van der Waals surface area contributed by atoms with Gasteiger partial charge in [-0.2, -0.15) is 0 Å². The number of anilines is 1. The Bertz CT molecular complexity index is 861. The monoisotopic (exact) mass is 315 g/mol. The van der Waals surface area contributed by atoms with E-state index >= 15 is 0 Å². The number of nitrogens with one attached hydrogen (secondary N) is 1. The smallest absolute Gasteiger partial charge is 0.274 e. The predicted molar refractivity (Wildman–Crippen MR) is 82.2 cm³/mol. The molecule has 0 fully saturated rings. The van der Waals surface area contributed by atoms with Gasteiger partial charge in [-0.1, -0.05) is 24.3 Å². The molecular weight excluding hydrogens is 302 g/mol. The Morgan fingerprint density at radius 1 is 1.14 bits per heavy atom. The lowest BCUT2D eigenvalue weighted by atomic mass is 10.2. The number of aromatic nitrogens is 1. The minimum absolute atomic E-state index is 0.0457. The highest BCUT2D eigenvalue weighted by Gasteiger charge is 2.32. The van der Waals surface area contributed by atoms with Crippen LogP contribution in [0.15, 0.2) is 59.3 Å². The van der Waals surface area contributed by atoms with Gasteiger partial charge in [0.2, 0.25) is 0 Å². The molecule has 6 nitrogen and oxygen atoms in total. The Morgan fingerprint density at radius 2 is 1.86 bits per heavy atom. The molecule has 1 aromatic heterocycles. The third kappa shape index (κ3) is 2.35. The van der Waals surface area contributed by atoms with Crippen molar-refractivity contribution in [3.8, 4) is 0 Å². The van der Waals surface area contributed by atoms with Crippen molar-refractivity contribution >= 4 is 27.8 Å². The van der Waals surface area contributed by atoms with E-state index in [0.717, 1.165) is 4.31 Å². The van der Waals surface area contributed by atoms with Gasteiger partial charge in [-0.05, 0) is 29.8 Å². The van der Waals surface area contributed by atoms with Gasteiger partial charge >= 0.3 is 0 Å². The zero-order valence-electron chi connectivity index (χ0n) is 11.7. The van der Waals surface area contributed by atoms with Crippen LogP contribution in [0.3, 0.4) is 0 Å². The normalized spacial score (nSPS) is 15.7. The van der Waals surface area contributed by atoms with Crippen LogP contribution in [0.2, 0.25) is 0 Å². The quantitative estimate of drug-likeness (QED) is 0.914. The zero-order valence-corrected chi connectivity index (χ0v) is 12.5. The molecule has 1 aromatic carbocycles. The summed E-state index contributed by atoms with van der Waals surface area (Å²) in [5, 5.41) is 2.59. The highest BCUT2D eigenvalue weighted by Crippen LogP contribution is 2.30. The van der Waals surface area contributed by atoms with Gasteiger partial charge in [0.15, 0.2) is 0 Å². The number of carbonyl (C=O) groups excluding carboxylic acids is 1. The second-order valence-electron chi connectivity index (χ2n) is 4.71. The van der Waals surface area contributed by atoms with E-state index in [9.17, 15) is 13.2 Å². The Hall–Kier alpha value is -2.67. The molecule has 1 aliphatic heterocycles. The number of hydrogen-bond acceptors (Lipinski definition) is 4. The van der Waals surface area contributed by atoms with Crippen molar-refractivity contribution in [2.45, 2.75) is 4.90 Å². The molecule has 0 aliphatic carbocycles. The first kappa shape index (κ1) is 14.3. The van der Waals surface area contributed by atoms with Crippen LogP contribution in [0, 0.1) is 0 Å². The average Bonchev–Trinajstić information content (AvgIpc) is 2.52. The Kier molecular flexibility index (Phi) is 3.42. The molecule has 0 unspecified atom stereocenters. The number of carbonyl (C=O) groups is 1. The molecule has 1 amide bonds. The van der Waals surface area contributed by atoms with Gasteiger partial charge in [-0.25, -0.2) is 13.4 Å². The van der Waals surface area contributed by atoms with E-state index in [1.54, 1.807) is 48.7 Å². The lowest BCUT2D eigenvalue weighted by Gasteiger charge is -2.26. The Labute approximate surface area is 128 Å². The topological polar surface area (TPSA) is 79.4 Å². The van der Waals surface area contributed by atoms with Gasteiger partial charge in [0.05, 0.1) is 4.90 Å². The lowest BCUT2D eigenvalue weighted by Crippen LogP contribution is -2.35. The van der Waals surface area contributed by atoms with Gasteiger partial charge < -0.3 is 5.32 Å². The number of sulfonamides is 1. The zero-order chi connectivity index (χ0) is 15.7. The maximum absolute atomic E-state index is 12.5. The standard InChI is InChI=1S/C15H13N3O3S/c1-18-12(15(19)17-14-8-4-5-9-16-14)10-11-6-2-3-7-13(11)22(18,20)21/h2-10H,1H3,(H,16,17,19). The molecule has 0 spiro atoms. The van der Waals surface area contributed by atoms with Crippen LogP contribution < -0.4 is 5.32 Å². The van der Waals surface area contributed by atoms with Crippen LogP contribution in [0.25, 0.3) is 6.08 Å². The summed E-state index contributed by atoms with van der Waals surface area (Å²) in [6, 6.07) is 11.6. The molecule has 2 heterocycles. The Morgan fingerprint density at radius 3 is 2.59 bits per heavy atom. The summed E-state index contributed by atoms with van der Waals surface area (Å²) in [5.41, 5.74) is 0.538. The first-order valence-corrected chi connectivity index (χ1v) is 7.96. The number of nitrogens with zero attached hydrogens (tertiary/aromatic N) is 2. The molecule has 0 bridgehead atoms. The molecule has 0 radical (unpaired) electrons. The number of rotatable bonds is 2. The van der Waals surface area contributed by atoms with Crippen molar-refractivity contribution in [2.24, 2.45) is 0 Å². The van der Waals surface area contributed by atoms with Crippen LogP contribution in [-0.2, 0) is 14.8 Å². The van der Waals surface area contributed by atoms with Crippen molar-refractivity contribution in [1.29, 1.82) is 0 Å². The first-order chi connectivity index (χ1) is 10.5. The molecule has 7 heteroatoms. The minimum Gasteiger partial charge on any atom is -0.305 e. The van der Waals surface area contributed by atoms with E-state index in [2.05, 4.69) is 10.3 Å². The van der Waals surface area contributed by atoms with Crippen LogP contribution in [-0.4, -0.2) is 30.7 Å². The minimum atomic E-state index is -3.72. The number of likely N-dealkylation sites (N-methyl/N-ethyl adjacent to an activating group) is 1. The van der Waals surface area contributed by atoms with Crippen molar-refractivity contribution in [3.63, 3.8) is 0 Å². The molecule has 1 N–H and O–H groups in total. The molecule has 0 saturated heterocycles. The van der Waals surface area contributed by atoms with E-state index in [4.69, 9.17) is 0 Å². The van der Waals surface area contributed by atoms with E-state index in [1.165, 1.54) is 13.1 Å². The summed E-state index contributed by atoms with van der Waals surface area (Å²) in [7, 11) is -2.37. The van der Waals surface area contributed by atoms with Crippen LogP contribution in [0.1, 0.15) is 5.56 Å². The fourth-order valence-electron chi connectivity index (χ4n) is 2.18. The van der Waals surface area contributed by atoms with E-state index in [0.29, 0.717) is 11.4 Å². The maximum Gasteiger partial charge on any atom is 0.274 e. The second kappa shape index (κ2) is 5.27. The van der Waals surface area contributed by atoms with Gasteiger partial charge in [0.1, 0.15) is 11.5 Å². The molecule has 2 aromatic rings. The van der Waals surface area contributed by atoms with Gasteiger partial charge in [-0.15, -0.1) is 0 Å². The summed E-state index contributed by atoms with van der Waals surface area (Å²) in [6.45, 7) is 0. The average molecular weight is 315 g/mol. The van der Waals surface area contributed by atoms with E-state index in [-0.39, 0.29) is 10.6 Å². The lowest BCUT2D eigenvalue weighted by molar-refractivity contribution is -0.113. The SMILES string of the molecule is CN1C(C(=O)Nc2ccccn2)=Cc2ccccc2S1(=O)=O. The summed E-state index contributed by atoms with van der Waals surface area (Å²) < 4.78 is 25.9. The third-order valence-corrected chi connectivity index (χ3v) is 5.17. The van der Waals surface area contributed by atoms with Crippen molar-refractivity contribution in [1.82, 2.24) is 9.29 Å². The fourth-order valence-corrected chi connectivity index (χ4v) is 3.54. The largest absolute Gasteiger partial charge is 0.305 e. The predicted octanol–water partition coefficient (Wildman–Crippen LogP) is 1.70. The maximum atomic E-state index is 12.5. The van der Waals surface area contributed by atoms with Crippen LogP contribution >= 0.6 is 0 Å². The summed E-state index contributed by atoms with van der Waals surface area (Å²) in [5.74, 6) is -0.169. The number of hydrogen-bond donors (Lipinski definition) is 1. The number of pyridine rings is 1. The molecule has 0 saturated carbocycles. The van der Waals surface area contributed by atoms with Crippen LogP contribution in [0.5, 0.6) is 0 Å². The highest BCUT2D eigenvalue weighted by molar-refractivity contribution is 7.89. The fraction of sp³-hybridized carbons (Fsp3) is 0.0667. The van der Waals surface area contributed by atoms with Crippen LogP contribution in [0.4, 0.5) is 5.82 Å². The van der Waals surface area contributed by atoms with E-state index < -0.39 is 15.9 Å². The third-order valence-electron chi connectivity index (χ3n) is 3.33. The second-order valence-corrected chi connectivity index (χ2v) is 6.65. The molecule has 1 aliphatic rings. The molecule has 112 valence electrons. The molecule has 0 atom stereocenters. The van der Waals surface area contributed by atoms with Crippen molar-refractivity contribution in [2.75, 3.05) is 12.4 Å². The van der Waals surface area contributed by atoms with Crippen molar-refractivity contribution < 1.29 is 13.2 Å². The Balaban J connectivity index is 2.01. The number of amides is 1. The first-order valence-electron chi connectivity index (χ1n) is 6.52. The van der Waals surface area contributed by atoms with Crippen molar-refractivity contribution in [3.05, 3.63) is 59.9 Å². The number of fused-ring (bicyclic) bond motifs is 1. The summed E-state index contributed by atoms with van der Waals surface area (Å²) in [4.78, 5) is 16.5. The van der Waals surface area contributed by atoms with Gasteiger partial charge in [0, 0.05) is 13.2 Å². The van der Waals surface area contributed by atoms with Gasteiger partial charge in [-0.3, -0.25) is 9.10 Å². The highest BCUT2D eigenvalue weighted by atomic mass is 32.2. The molecule has 3 rings (SSSR count). The van der Waals surface area contributed by atoms with Gasteiger partial charge in [0.25, 0.3) is 15.9 Å². The number of benzene rings is 1. The molecule has 22 heavy (non-hydrogen) atoms. The summed E-state index contributed by atoms with van der Waals surface area (Å²) >= 11 is 0. The molecular formula is C15H13N3O3S. The summed E-state index contributed by atoms with van der Waals surface area (Å²) in [6.07, 6.45) is 3.09. The van der Waals surface area contributed by atoms with E-state index in [1.807, 2.05) is 0 Å².